The third kappa shape index (κ3) is 4.76. The van der Waals surface area contributed by atoms with E-state index in [-0.39, 0.29) is 0 Å². The van der Waals surface area contributed by atoms with E-state index < -0.39 is 12.4 Å². The highest BCUT2D eigenvalue weighted by atomic mass is 35.5. The maximum Gasteiger partial charge on any atom is 0.470 e. The van der Waals surface area contributed by atoms with E-state index in [0.29, 0.717) is 12.3 Å². The number of alkyl halides is 1. The van der Waals surface area contributed by atoms with Crippen LogP contribution < -0.4 is 0 Å². The van der Waals surface area contributed by atoms with Crippen molar-refractivity contribution in [3.05, 3.63) is 0 Å². The first-order chi connectivity index (χ1) is 4.04. The lowest BCUT2D eigenvalue weighted by atomic mass is 9.81. The quantitative estimate of drug-likeness (QED) is 0.458. The Morgan fingerprint density at radius 2 is 1.89 bits per heavy atom. The first kappa shape index (κ1) is 9.27. The first-order valence-corrected chi connectivity index (χ1v) is 3.48. The molecule has 54 valence electrons. The Labute approximate surface area is 61.0 Å². The number of hydrogen-bond donors (Lipinski definition) is 2. The van der Waals surface area contributed by atoms with Gasteiger partial charge in [-0.2, -0.15) is 0 Å². The molecule has 2 N–H and O–H groups in total. The van der Waals surface area contributed by atoms with Crippen molar-refractivity contribution in [2.24, 2.45) is 5.92 Å². The molecule has 9 heavy (non-hydrogen) atoms. The van der Waals surface area contributed by atoms with Gasteiger partial charge in [0.1, 0.15) is 0 Å². The van der Waals surface area contributed by atoms with E-state index in [0.717, 1.165) is 0 Å². The fourth-order valence-corrected chi connectivity index (χ4v) is 0.928. The molecule has 0 fully saturated rings. The second-order valence-electron chi connectivity index (χ2n) is 2.56. The van der Waals surface area contributed by atoms with Gasteiger partial charge < -0.3 is 10.0 Å². The maximum atomic E-state index is 8.49. The molecule has 1 unspecified atom stereocenters. The van der Waals surface area contributed by atoms with Crippen LogP contribution in [0.1, 0.15) is 20.3 Å². The Morgan fingerprint density at radius 1 is 1.44 bits per heavy atom. The minimum absolute atomic E-state index is 0.411. The van der Waals surface area contributed by atoms with Crippen molar-refractivity contribution in [3.8, 4) is 0 Å². The van der Waals surface area contributed by atoms with Crippen LogP contribution >= 0.6 is 11.6 Å². The van der Waals surface area contributed by atoms with Gasteiger partial charge in [-0.15, -0.1) is 11.6 Å². The third-order valence-corrected chi connectivity index (χ3v) is 1.42. The molecule has 0 aliphatic rings. The van der Waals surface area contributed by atoms with Crippen molar-refractivity contribution in [1.29, 1.82) is 0 Å². The molecule has 0 aromatic rings. The SMILES string of the molecule is CC(C)CC(Cl)B(O)O. The van der Waals surface area contributed by atoms with Crippen LogP contribution in [0, 0.1) is 5.92 Å². The van der Waals surface area contributed by atoms with Crippen LogP contribution in [0.4, 0.5) is 0 Å². The molecule has 0 heterocycles. The molecule has 0 radical (unpaired) electrons. The monoisotopic (exact) mass is 150 g/mol. The molecule has 0 saturated carbocycles. The van der Waals surface area contributed by atoms with E-state index in [1.54, 1.807) is 0 Å². The lowest BCUT2D eigenvalue weighted by Gasteiger charge is -2.09. The molecule has 0 amide bonds. The van der Waals surface area contributed by atoms with Crippen LogP contribution in [-0.4, -0.2) is 22.4 Å². The molecule has 0 saturated heterocycles. The molecule has 0 aliphatic heterocycles. The Bertz CT molecular complexity index is 77.4. The normalized spacial score (nSPS) is 14.0. The highest BCUT2D eigenvalue weighted by Gasteiger charge is 2.20. The summed E-state index contributed by atoms with van der Waals surface area (Å²) in [6.45, 7) is 3.97. The molecule has 0 aliphatic carbocycles. The van der Waals surface area contributed by atoms with Gasteiger partial charge in [-0.25, -0.2) is 0 Å². The van der Waals surface area contributed by atoms with Crippen LogP contribution in [0.3, 0.4) is 0 Å². The number of halogens is 1. The molecule has 0 aromatic carbocycles. The molecular formula is C5H12BClO2. The van der Waals surface area contributed by atoms with Crippen LogP contribution in [0.2, 0.25) is 0 Å². The summed E-state index contributed by atoms with van der Waals surface area (Å²) in [5.74, 6) is 0.411. The first-order valence-electron chi connectivity index (χ1n) is 3.04. The summed E-state index contributed by atoms with van der Waals surface area (Å²) >= 11 is 5.51. The zero-order valence-electron chi connectivity index (χ0n) is 5.71. The predicted molar refractivity (Wildman–Crippen MR) is 39.3 cm³/mol. The zero-order chi connectivity index (χ0) is 7.44. The molecule has 1 atom stereocenters. The minimum atomic E-state index is -1.38. The lowest BCUT2D eigenvalue weighted by molar-refractivity contribution is 0.391. The summed E-state index contributed by atoms with van der Waals surface area (Å²) in [7, 11) is -1.38. The van der Waals surface area contributed by atoms with Gasteiger partial charge in [-0.3, -0.25) is 0 Å². The number of hydrogen-bond acceptors (Lipinski definition) is 2. The Kier molecular flexibility index (Phi) is 4.27. The Morgan fingerprint density at radius 3 is 2.00 bits per heavy atom. The molecule has 0 rings (SSSR count). The molecule has 0 spiro atoms. The summed E-state index contributed by atoms with van der Waals surface area (Å²) in [4.78, 5) is 0. The van der Waals surface area contributed by atoms with E-state index in [1.165, 1.54) is 0 Å². The van der Waals surface area contributed by atoms with Gasteiger partial charge in [0.15, 0.2) is 0 Å². The zero-order valence-corrected chi connectivity index (χ0v) is 6.47. The fourth-order valence-electron chi connectivity index (χ4n) is 0.572. The van der Waals surface area contributed by atoms with Gasteiger partial charge in [0.05, 0.1) is 5.28 Å². The highest BCUT2D eigenvalue weighted by Crippen LogP contribution is 2.10. The van der Waals surface area contributed by atoms with Gasteiger partial charge in [0.25, 0.3) is 0 Å². The summed E-state index contributed by atoms with van der Waals surface area (Å²) in [5, 5.41) is 16.5. The van der Waals surface area contributed by atoms with Gasteiger partial charge >= 0.3 is 7.12 Å². The lowest BCUT2D eigenvalue weighted by Crippen LogP contribution is -2.27. The van der Waals surface area contributed by atoms with Crippen molar-refractivity contribution < 1.29 is 10.0 Å². The van der Waals surface area contributed by atoms with Crippen molar-refractivity contribution in [3.63, 3.8) is 0 Å². The number of rotatable bonds is 3. The second kappa shape index (κ2) is 4.15. The van der Waals surface area contributed by atoms with Crippen LogP contribution in [0.5, 0.6) is 0 Å². The maximum absolute atomic E-state index is 8.49. The second-order valence-corrected chi connectivity index (χ2v) is 3.12. The molecule has 2 nitrogen and oxygen atoms in total. The summed E-state index contributed by atoms with van der Waals surface area (Å²) < 4.78 is 0. The Hall–Kier alpha value is 0.275. The Balaban J connectivity index is 3.38. The minimum Gasteiger partial charge on any atom is -0.426 e. The summed E-state index contributed by atoms with van der Waals surface area (Å²) in [5.41, 5.74) is 0. The fraction of sp³-hybridized carbons (Fsp3) is 1.00. The molecular weight excluding hydrogens is 138 g/mol. The third-order valence-electron chi connectivity index (χ3n) is 1.02. The van der Waals surface area contributed by atoms with Crippen LogP contribution in [-0.2, 0) is 0 Å². The average Bonchev–Trinajstić information content (AvgIpc) is 1.63. The largest absolute Gasteiger partial charge is 0.470 e. The standard InChI is InChI=1S/C5H12BClO2/c1-4(2)3-5(7)6(8)9/h4-5,8-9H,3H2,1-2H3. The molecule has 0 aromatic heterocycles. The van der Waals surface area contributed by atoms with Gasteiger partial charge in [-0.05, 0) is 12.3 Å². The van der Waals surface area contributed by atoms with E-state index in [1.807, 2.05) is 13.8 Å². The summed E-state index contributed by atoms with van der Waals surface area (Å²) in [6.07, 6.45) is 0.638. The molecule has 0 bridgehead atoms. The van der Waals surface area contributed by atoms with Gasteiger partial charge in [0, 0.05) is 0 Å². The van der Waals surface area contributed by atoms with Gasteiger partial charge in [-0.1, -0.05) is 13.8 Å². The van der Waals surface area contributed by atoms with Crippen molar-refractivity contribution in [2.45, 2.75) is 25.5 Å². The van der Waals surface area contributed by atoms with E-state index in [9.17, 15) is 0 Å². The summed E-state index contributed by atoms with van der Waals surface area (Å²) in [6, 6.07) is 0. The van der Waals surface area contributed by atoms with Gasteiger partial charge in [0.2, 0.25) is 0 Å². The topological polar surface area (TPSA) is 40.5 Å². The highest BCUT2D eigenvalue weighted by molar-refractivity contribution is 6.57. The van der Waals surface area contributed by atoms with Crippen LogP contribution in [0.15, 0.2) is 0 Å². The van der Waals surface area contributed by atoms with E-state index in [4.69, 9.17) is 21.6 Å². The van der Waals surface area contributed by atoms with Crippen molar-refractivity contribution in [2.75, 3.05) is 0 Å². The van der Waals surface area contributed by atoms with Crippen molar-refractivity contribution >= 4 is 18.7 Å². The van der Waals surface area contributed by atoms with Crippen molar-refractivity contribution in [1.82, 2.24) is 0 Å². The van der Waals surface area contributed by atoms with E-state index >= 15 is 0 Å². The van der Waals surface area contributed by atoms with E-state index in [2.05, 4.69) is 0 Å². The smallest absolute Gasteiger partial charge is 0.426 e. The molecule has 4 heteroatoms. The predicted octanol–water partition coefficient (Wildman–Crippen LogP) is 0.652. The average molecular weight is 150 g/mol. The van der Waals surface area contributed by atoms with Crippen LogP contribution in [0.25, 0.3) is 0 Å².